The van der Waals surface area contributed by atoms with Gasteiger partial charge in [-0.1, -0.05) is 44.2 Å². The molecule has 5 N–H and O–H groups in total. The van der Waals surface area contributed by atoms with Crippen molar-refractivity contribution < 1.29 is 24.2 Å². The maximum Gasteiger partial charge on any atom is 0.255 e. The topological polar surface area (TPSA) is 123 Å². The highest BCUT2D eigenvalue weighted by Crippen LogP contribution is 2.20. The van der Waals surface area contributed by atoms with E-state index in [2.05, 4.69) is 24.5 Å². The van der Waals surface area contributed by atoms with Crippen molar-refractivity contribution in [3.8, 4) is 5.75 Å². The molecule has 8 nitrogen and oxygen atoms in total. The summed E-state index contributed by atoms with van der Waals surface area (Å²) in [7, 11) is 1.67. The van der Waals surface area contributed by atoms with Gasteiger partial charge in [-0.15, -0.1) is 12.4 Å². The molecule has 0 saturated heterocycles. The first-order valence-corrected chi connectivity index (χ1v) is 12.6. The summed E-state index contributed by atoms with van der Waals surface area (Å²) in [5.41, 5.74) is 7.28. The van der Waals surface area contributed by atoms with Crippen LogP contribution in [-0.4, -0.2) is 62.5 Å². The molecule has 0 fully saturated rings. The molecule has 2 rings (SSSR count). The lowest BCUT2D eigenvalue weighted by molar-refractivity contribution is 0.0865. The van der Waals surface area contributed by atoms with E-state index in [1.165, 1.54) is 0 Å². The second kappa shape index (κ2) is 17.7. The van der Waals surface area contributed by atoms with Crippen LogP contribution in [0.25, 0.3) is 0 Å². The molecule has 9 heteroatoms. The minimum Gasteiger partial charge on any atom is -0.493 e. The Morgan fingerprint density at radius 2 is 1.54 bits per heavy atom. The monoisotopic (exact) mass is 535 g/mol. The number of halogens is 1. The summed E-state index contributed by atoms with van der Waals surface area (Å²) in [6.45, 7) is 5.78. The van der Waals surface area contributed by atoms with Gasteiger partial charge in [0.15, 0.2) is 0 Å². The molecule has 0 aliphatic heterocycles. The SMILES string of the molecule is COCCCCOc1ccccc1C(=O)NCC(CC(N)C(O)CNC(=O)c1ccccc1)C(C)C.Cl. The zero-order valence-electron chi connectivity index (χ0n) is 22.0. The Morgan fingerprint density at radius 3 is 2.22 bits per heavy atom. The van der Waals surface area contributed by atoms with Gasteiger partial charge in [0, 0.05) is 38.4 Å². The fourth-order valence-corrected chi connectivity index (χ4v) is 3.77. The predicted octanol–water partition coefficient (Wildman–Crippen LogP) is 3.42. The van der Waals surface area contributed by atoms with Crippen LogP contribution in [-0.2, 0) is 4.74 Å². The van der Waals surface area contributed by atoms with Crippen molar-refractivity contribution in [1.82, 2.24) is 10.6 Å². The van der Waals surface area contributed by atoms with Gasteiger partial charge in [-0.3, -0.25) is 9.59 Å². The van der Waals surface area contributed by atoms with Crippen LogP contribution in [0.15, 0.2) is 54.6 Å². The molecule has 206 valence electrons. The van der Waals surface area contributed by atoms with E-state index in [9.17, 15) is 14.7 Å². The summed E-state index contributed by atoms with van der Waals surface area (Å²) in [5.74, 6) is 0.363. The first-order chi connectivity index (χ1) is 17.3. The number of para-hydroxylation sites is 1. The number of rotatable bonds is 16. The smallest absolute Gasteiger partial charge is 0.255 e. The summed E-state index contributed by atoms with van der Waals surface area (Å²) < 4.78 is 10.9. The third kappa shape index (κ3) is 11.5. The number of carbonyl (C=O) groups excluding carboxylic acids is 2. The van der Waals surface area contributed by atoms with E-state index in [1.54, 1.807) is 43.5 Å². The Labute approximate surface area is 226 Å². The number of methoxy groups -OCH3 is 1. The first-order valence-electron chi connectivity index (χ1n) is 12.6. The number of nitrogens with two attached hydrogens (primary N) is 1. The highest BCUT2D eigenvalue weighted by molar-refractivity contribution is 5.97. The quantitative estimate of drug-likeness (QED) is 0.244. The molecule has 0 radical (unpaired) electrons. The first kappa shape index (κ1) is 32.4. The van der Waals surface area contributed by atoms with Crippen molar-refractivity contribution in [2.75, 3.05) is 33.4 Å². The molecule has 37 heavy (non-hydrogen) atoms. The standard InChI is InChI=1S/C28H41N3O5.ClH/c1-20(2)22(17-24(29)25(32)19-31-27(33)21-11-5-4-6-12-21)18-30-28(34)23-13-7-8-14-26(23)36-16-10-9-15-35-3;/h4-8,11-14,20,22,24-25,32H,9-10,15-19,29H2,1-3H3,(H,30,34)(H,31,33);1H. The largest absolute Gasteiger partial charge is 0.493 e. The van der Waals surface area contributed by atoms with Crippen LogP contribution in [0.5, 0.6) is 5.75 Å². The Kier molecular flexibility index (Phi) is 15.5. The van der Waals surface area contributed by atoms with E-state index in [-0.39, 0.29) is 42.6 Å². The highest BCUT2D eigenvalue weighted by atomic mass is 35.5. The Morgan fingerprint density at radius 1 is 0.919 bits per heavy atom. The molecule has 2 aromatic rings. The van der Waals surface area contributed by atoms with Gasteiger partial charge >= 0.3 is 0 Å². The average molecular weight is 536 g/mol. The van der Waals surface area contributed by atoms with Crippen molar-refractivity contribution >= 4 is 24.2 Å². The van der Waals surface area contributed by atoms with Gasteiger partial charge < -0.3 is 30.9 Å². The van der Waals surface area contributed by atoms with E-state index < -0.39 is 12.1 Å². The molecule has 2 aromatic carbocycles. The van der Waals surface area contributed by atoms with Gasteiger partial charge in [0.25, 0.3) is 11.8 Å². The molecular weight excluding hydrogens is 494 g/mol. The maximum atomic E-state index is 12.9. The molecule has 0 aliphatic rings. The van der Waals surface area contributed by atoms with Gasteiger partial charge in [-0.25, -0.2) is 0 Å². The van der Waals surface area contributed by atoms with Gasteiger partial charge in [0.1, 0.15) is 5.75 Å². The van der Waals surface area contributed by atoms with Crippen LogP contribution in [0, 0.1) is 11.8 Å². The molecule has 0 spiro atoms. The van der Waals surface area contributed by atoms with Crippen molar-refractivity contribution in [2.45, 2.75) is 45.3 Å². The summed E-state index contributed by atoms with van der Waals surface area (Å²) in [4.78, 5) is 25.1. The van der Waals surface area contributed by atoms with Crippen LogP contribution in [0.3, 0.4) is 0 Å². The summed E-state index contributed by atoms with van der Waals surface area (Å²) in [6, 6.07) is 15.5. The highest BCUT2D eigenvalue weighted by Gasteiger charge is 2.24. The number of amides is 2. The lowest BCUT2D eigenvalue weighted by Crippen LogP contribution is -2.46. The number of hydrogen-bond donors (Lipinski definition) is 4. The predicted molar refractivity (Wildman–Crippen MR) is 148 cm³/mol. The van der Waals surface area contributed by atoms with E-state index in [0.29, 0.717) is 43.1 Å². The summed E-state index contributed by atoms with van der Waals surface area (Å²) in [6.07, 6.45) is 1.33. The van der Waals surface area contributed by atoms with E-state index >= 15 is 0 Å². The van der Waals surface area contributed by atoms with Crippen LogP contribution >= 0.6 is 12.4 Å². The molecule has 3 unspecified atom stereocenters. The summed E-state index contributed by atoms with van der Waals surface area (Å²) >= 11 is 0. The molecule has 0 saturated carbocycles. The van der Waals surface area contributed by atoms with Crippen LogP contribution < -0.4 is 21.1 Å². The second-order valence-electron chi connectivity index (χ2n) is 9.30. The van der Waals surface area contributed by atoms with Gasteiger partial charge in [0.2, 0.25) is 0 Å². The van der Waals surface area contributed by atoms with Gasteiger partial charge in [-0.05, 0) is 55.4 Å². The minimum atomic E-state index is -0.901. The van der Waals surface area contributed by atoms with E-state index in [0.717, 1.165) is 12.8 Å². The fourth-order valence-electron chi connectivity index (χ4n) is 3.77. The third-order valence-corrected chi connectivity index (χ3v) is 6.18. The van der Waals surface area contributed by atoms with Crippen molar-refractivity contribution in [1.29, 1.82) is 0 Å². The average Bonchev–Trinajstić information content (AvgIpc) is 2.89. The van der Waals surface area contributed by atoms with Crippen molar-refractivity contribution in [3.63, 3.8) is 0 Å². The van der Waals surface area contributed by atoms with Crippen molar-refractivity contribution in [2.24, 2.45) is 17.6 Å². The lowest BCUT2D eigenvalue weighted by atomic mass is 9.87. The molecule has 3 atom stereocenters. The number of benzene rings is 2. The fraction of sp³-hybridized carbons (Fsp3) is 0.500. The molecule has 2 amide bonds. The molecule has 0 bridgehead atoms. The number of aliphatic hydroxyl groups is 1. The third-order valence-electron chi connectivity index (χ3n) is 6.18. The van der Waals surface area contributed by atoms with Crippen LogP contribution in [0.2, 0.25) is 0 Å². The lowest BCUT2D eigenvalue weighted by Gasteiger charge is -2.27. The van der Waals surface area contributed by atoms with Gasteiger partial charge in [-0.2, -0.15) is 0 Å². The molecule has 0 heterocycles. The molecule has 0 aliphatic carbocycles. The number of aliphatic hydroxyl groups excluding tert-OH is 1. The summed E-state index contributed by atoms with van der Waals surface area (Å²) in [5, 5.41) is 16.3. The Bertz CT molecular complexity index is 929. The zero-order valence-corrected chi connectivity index (χ0v) is 22.8. The second-order valence-corrected chi connectivity index (χ2v) is 9.30. The van der Waals surface area contributed by atoms with E-state index in [1.807, 2.05) is 18.2 Å². The minimum absolute atomic E-state index is 0. The molecular formula is C28H42ClN3O5. The number of nitrogens with one attached hydrogen (secondary N) is 2. The Hall–Kier alpha value is -2.65. The number of carbonyl (C=O) groups is 2. The number of unbranched alkanes of at least 4 members (excludes halogenated alkanes) is 1. The maximum absolute atomic E-state index is 12.9. The van der Waals surface area contributed by atoms with Crippen molar-refractivity contribution in [3.05, 3.63) is 65.7 Å². The normalized spacial score (nSPS) is 13.2. The van der Waals surface area contributed by atoms with Gasteiger partial charge in [0.05, 0.1) is 18.3 Å². The van der Waals surface area contributed by atoms with E-state index in [4.69, 9.17) is 15.2 Å². The van der Waals surface area contributed by atoms with Crippen LogP contribution in [0.1, 0.15) is 53.8 Å². The number of ether oxygens (including phenoxy) is 2. The number of hydrogen-bond acceptors (Lipinski definition) is 6. The van der Waals surface area contributed by atoms with Crippen LogP contribution in [0.4, 0.5) is 0 Å². The molecule has 0 aromatic heterocycles. The zero-order chi connectivity index (χ0) is 26.3. The Balaban J connectivity index is 0.00000684.